The van der Waals surface area contributed by atoms with E-state index in [-0.39, 0.29) is 12.6 Å². The molecule has 30 heavy (non-hydrogen) atoms. The van der Waals surface area contributed by atoms with Crippen LogP contribution in [0.25, 0.3) is 11.2 Å². The lowest BCUT2D eigenvalue weighted by Gasteiger charge is -2.17. The van der Waals surface area contributed by atoms with Gasteiger partial charge < -0.3 is 20.3 Å². The van der Waals surface area contributed by atoms with Crippen molar-refractivity contribution in [1.29, 1.82) is 0 Å². The van der Waals surface area contributed by atoms with Crippen LogP contribution in [0.2, 0.25) is 0 Å². The molecule has 1 unspecified atom stereocenters. The van der Waals surface area contributed by atoms with E-state index in [2.05, 4.69) is 27.8 Å². The Morgan fingerprint density at radius 1 is 1.10 bits per heavy atom. The first kappa shape index (κ1) is 21.8. The number of benzene rings is 1. The van der Waals surface area contributed by atoms with Crippen LogP contribution >= 0.6 is 0 Å². The zero-order valence-corrected chi connectivity index (χ0v) is 17.9. The summed E-state index contributed by atoms with van der Waals surface area (Å²) in [5, 5.41) is 17.1. The van der Waals surface area contributed by atoms with E-state index in [1.54, 1.807) is 11.6 Å². The fourth-order valence-electron chi connectivity index (χ4n) is 3.41. The second-order valence-corrected chi connectivity index (χ2v) is 7.82. The number of anilines is 1. The highest BCUT2D eigenvalue weighted by atomic mass is 16.3. The molecule has 0 amide bonds. The van der Waals surface area contributed by atoms with Gasteiger partial charge in [0.15, 0.2) is 11.2 Å². The Morgan fingerprint density at radius 3 is 2.47 bits per heavy atom. The summed E-state index contributed by atoms with van der Waals surface area (Å²) in [5.41, 5.74) is 0.965. The van der Waals surface area contributed by atoms with Crippen LogP contribution in [0.5, 0.6) is 0 Å². The van der Waals surface area contributed by atoms with Crippen molar-refractivity contribution in [3.63, 3.8) is 0 Å². The first-order chi connectivity index (χ1) is 14.3. The minimum atomic E-state index is -0.729. The highest BCUT2D eigenvalue weighted by molar-refractivity contribution is 5.74. The number of hydrogen-bond donors (Lipinski definition) is 3. The van der Waals surface area contributed by atoms with Crippen molar-refractivity contribution in [3.05, 3.63) is 56.7 Å². The Morgan fingerprint density at radius 2 is 1.80 bits per heavy atom. The lowest BCUT2D eigenvalue weighted by molar-refractivity contribution is 0.153. The second kappa shape index (κ2) is 9.27. The number of aliphatic hydroxyl groups excluding tert-OH is 1. The summed E-state index contributed by atoms with van der Waals surface area (Å²) >= 11 is 0. The predicted octanol–water partition coefficient (Wildman–Crippen LogP) is 0.447. The molecule has 3 N–H and O–H groups in total. The average molecular weight is 415 g/mol. The number of fused-ring (bicyclic) bond motifs is 1. The van der Waals surface area contributed by atoms with Crippen molar-refractivity contribution >= 4 is 17.1 Å². The third kappa shape index (κ3) is 4.63. The van der Waals surface area contributed by atoms with Gasteiger partial charge in [0.2, 0.25) is 5.95 Å². The van der Waals surface area contributed by atoms with Gasteiger partial charge in [-0.05, 0) is 32.4 Å². The summed E-state index contributed by atoms with van der Waals surface area (Å²) in [6.45, 7) is 5.21. The summed E-state index contributed by atoms with van der Waals surface area (Å²) in [6, 6.07) is 10.2. The second-order valence-electron chi connectivity index (χ2n) is 7.82. The molecule has 0 radical (unpaired) electrons. The van der Waals surface area contributed by atoms with Gasteiger partial charge in [0.25, 0.3) is 5.56 Å². The van der Waals surface area contributed by atoms with Crippen LogP contribution in [0, 0.1) is 0 Å². The summed E-state index contributed by atoms with van der Waals surface area (Å²) in [4.78, 5) is 29.5. The molecule has 1 aromatic carbocycles. The number of nitrogens with zero attached hydrogens (tertiary/aromatic N) is 4. The maximum Gasteiger partial charge on any atom is 0.332 e. The topological polar surface area (TPSA) is 106 Å². The van der Waals surface area contributed by atoms with Crippen molar-refractivity contribution in [1.82, 2.24) is 24.0 Å². The summed E-state index contributed by atoms with van der Waals surface area (Å²) in [6.07, 6.45) is 0.137. The molecule has 9 heteroatoms. The molecule has 2 heterocycles. The third-order valence-electron chi connectivity index (χ3n) is 4.97. The molecule has 0 spiro atoms. The standard InChI is InChI=1S/C21H30N6O3/c1-14(2)23-20-24-18-17(19(29)26(4)21(30)25(18)3)27(20)13-16(28)12-22-11-10-15-8-6-5-7-9-15/h5-9,14,16,22,28H,10-13H2,1-4H3,(H,23,24). The van der Waals surface area contributed by atoms with Crippen LogP contribution < -0.4 is 21.9 Å². The molecule has 0 saturated carbocycles. The summed E-state index contributed by atoms with van der Waals surface area (Å²) in [7, 11) is 3.03. The van der Waals surface area contributed by atoms with E-state index in [1.807, 2.05) is 32.0 Å². The van der Waals surface area contributed by atoms with Gasteiger partial charge >= 0.3 is 5.69 Å². The SMILES string of the molecule is CC(C)Nc1nc2c(c(=O)n(C)c(=O)n2C)n1CC(O)CNCCc1ccccc1. The van der Waals surface area contributed by atoms with Gasteiger partial charge in [0, 0.05) is 26.7 Å². The normalized spacial score (nSPS) is 12.6. The minimum Gasteiger partial charge on any atom is -0.390 e. The lowest BCUT2D eigenvalue weighted by atomic mass is 10.1. The smallest absolute Gasteiger partial charge is 0.332 e. The fraction of sp³-hybridized carbons (Fsp3) is 0.476. The number of aryl methyl sites for hydroxylation is 1. The first-order valence-corrected chi connectivity index (χ1v) is 10.1. The number of aromatic nitrogens is 4. The Bertz CT molecular complexity index is 1110. The van der Waals surface area contributed by atoms with E-state index in [9.17, 15) is 14.7 Å². The van der Waals surface area contributed by atoms with E-state index in [0.717, 1.165) is 17.5 Å². The van der Waals surface area contributed by atoms with Crippen molar-refractivity contribution in [3.8, 4) is 0 Å². The van der Waals surface area contributed by atoms with Crippen molar-refractivity contribution in [2.45, 2.75) is 39.0 Å². The van der Waals surface area contributed by atoms with Gasteiger partial charge in [-0.25, -0.2) is 4.79 Å². The van der Waals surface area contributed by atoms with Crippen molar-refractivity contribution < 1.29 is 5.11 Å². The van der Waals surface area contributed by atoms with Gasteiger partial charge in [-0.3, -0.25) is 13.9 Å². The van der Waals surface area contributed by atoms with E-state index in [4.69, 9.17) is 0 Å². The predicted molar refractivity (Wildman–Crippen MR) is 118 cm³/mol. The van der Waals surface area contributed by atoms with Gasteiger partial charge in [0.1, 0.15) is 0 Å². The van der Waals surface area contributed by atoms with Gasteiger partial charge in [-0.1, -0.05) is 30.3 Å². The summed E-state index contributed by atoms with van der Waals surface area (Å²) < 4.78 is 4.08. The fourth-order valence-corrected chi connectivity index (χ4v) is 3.41. The van der Waals surface area contributed by atoms with E-state index in [0.29, 0.717) is 23.7 Å². The maximum absolute atomic E-state index is 12.8. The molecule has 3 rings (SSSR count). The molecule has 0 aliphatic rings. The average Bonchev–Trinajstić information content (AvgIpc) is 3.06. The lowest BCUT2D eigenvalue weighted by Crippen LogP contribution is -2.38. The zero-order chi connectivity index (χ0) is 21.8. The van der Waals surface area contributed by atoms with Crippen LogP contribution in [0.4, 0.5) is 5.95 Å². The Kier molecular flexibility index (Phi) is 6.73. The van der Waals surface area contributed by atoms with Crippen LogP contribution in [-0.2, 0) is 27.1 Å². The minimum absolute atomic E-state index is 0.0718. The molecule has 3 aromatic rings. The van der Waals surface area contributed by atoms with E-state index >= 15 is 0 Å². The number of rotatable bonds is 9. The molecule has 0 aliphatic carbocycles. The molecule has 0 saturated heterocycles. The Hall–Kier alpha value is -2.91. The largest absolute Gasteiger partial charge is 0.390 e. The maximum atomic E-state index is 12.8. The summed E-state index contributed by atoms with van der Waals surface area (Å²) in [5.74, 6) is 0.460. The molecular weight excluding hydrogens is 384 g/mol. The number of aliphatic hydroxyl groups is 1. The molecule has 0 bridgehead atoms. The van der Waals surface area contributed by atoms with Crippen LogP contribution in [0.15, 0.2) is 39.9 Å². The highest BCUT2D eigenvalue weighted by Gasteiger charge is 2.21. The number of nitrogens with one attached hydrogen (secondary N) is 2. The first-order valence-electron chi connectivity index (χ1n) is 10.1. The number of hydrogen-bond acceptors (Lipinski definition) is 6. The molecule has 9 nitrogen and oxygen atoms in total. The molecule has 162 valence electrons. The molecule has 0 fully saturated rings. The zero-order valence-electron chi connectivity index (χ0n) is 17.9. The molecule has 1 atom stereocenters. The van der Waals surface area contributed by atoms with Gasteiger partial charge in [-0.15, -0.1) is 0 Å². The van der Waals surface area contributed by atoms with Gasteiger partial charge in [0.05, 0.1) is 12.6 Å². The monoisotopic (exact) mass is 414 g/mol. The quantitative estimate of drug-likeness (QED) is 0.439. The van der Waals surface area contributed by atoms with Gasteiger partial charge in [-0.2, -0.15) is 4.98 Å². The van der Waals surface area contributed by atoms with Crippen molar-refractivity contribution in [2.24, 2.45) is 14.1 Å². The van der Waals surface area contributed by atoms with Crippen LogP contribution in [0.3, 0.4) is 0 Å². The van der Waals surface area contributed by atoms with E-state index < -0.39 is 17.4 Å². The molecule has 0 aliphatic heterocycles. The highest BCUT2D eigenvalue weighted by Crippen LogP contribution is 2.17. The Balaban J connectivity index is 1.79. The van der Waals surface area contributed by atoms with Crippen molar-refractivity contribution in [2.75, 3.05) is 18.4 Å². The van der Waals surface area contributed by atoms with E-state index in [1.165, 1.54) is 17.2 Å². The molecule has 2 aromatic heterocycles. The molecular formula is C21H30N6O3. The number of imidazole rings is 1. The van der Waals surface area contributed by atoms with Crippen LogP contribution in [-0.4, -0.2) is 49.0 Å². The Labute approximate surface area is 175 Å². The van der Waals surface area contributed by atoms with Crippen LogP contribution in [0.1, 0.15) is 19.4 Å². The third-order valence-corrected chi connectivity index (χ3v) is 4.97.